The second-order valence-corrected chi connectivity index (χ2v) is 5.19. The van der Waals surface area contributed by atoms with Gasteiger partial charge in [-0.15, -0.1) is 0 Å². The van der Waals surface area contributed by atoms with Crippen molar-refractivity contribution in [1.29, 1.82) is 0 Å². The maximum Gasteiger partial charge on any atom is 0.270 e. The molecule has 0 aliphatic carbocycles. The van der Waals surface area contributed by atoms with Gasteiger partial charge in [-0.2, -0.15) is 5.10 Å². The van der Waals surface area contributed by atoms with E-state index < -0.39 is 0 Å². The number of carbonyl (C=O) groups excluding carboxylic acids is 1. The third-order valence-corrected chi connectivity index (χ3v) is 3.65. The zero-order valence-electron chi connectivity index (χ0n) is 13.3. The lowest BCUT2D eigenvalue weighted by Gasteiger charge is -2.16. The minimum atomic E-state index is -0.248. The fraction of sp³-hybridized carbons (Fsp3) is 0.167. The minimum Gasteiger partial charge on any atom is -0.375 e. The molecule has 0 aliphatic rings. The number of rotatable bonds is 6. The van der Waals surface area contributed by atoms with E-state index >= 15 is 0 Å². The fourth-order valence-corrected chi connectivity index (χ4v) is 2.39. The molecule has 0 saturated carbocycles. The summed E-state index contributed by atoms with van der Waals surface area (Å²) in [4.78, 5) is 16.5. The van der Waals surface area contributed by atoms with Crippen LogP contribution in [0.5, 0.6) is 0 Å². The van der Waals surface area contributed by atoms with Gasteiger partial charge in [0, 0.05) is 32.2 Å². The Hall–Kier alpha value is -2.99. The molecule has 0 saturated heterocycles. The molecule has 1 amide bonds. The van der Waals surface area contributed by atoms with E-state index in [2.05, 4.69) is 15.4 Å². The number of aromatic nitrogens is 3. The zero-order valence-corrected chi connectivity index (χ0v) is 13.3. The molecule has 1 atom stereocenters. The SMILES string of the molecule is CO[C@@H](CNC(=O)c1cc(-n2cccn2)ccn1)c1ccccc1. The van der Waals surface area contributed by atoms with Crippen molar-refractivity contribution in [3.8, 4) is 5.69 Å². The number of nitrogens with zero attached hydrogens (tertiary/aromatic N) is 3. The summed E-state index contributed by atoms with van der Waals surface area (Å²) < 4.78 is 7.14. The van der Waals surface area contributed by atoms with Crippen LogP contribution in [0.3, 0.4) is 0 Å². The Morgan fingerprint density at radius 1 is 1.21 bits per heavy atom. The van der Waals surface area contributed by atoms with Crippen LogP contribution < -0.4 is 5.32 Å². The Kier molecular flexibility index (Phi) is 4.98. The molecule has 2 aromatic heterocycles. The molecule has 0 fully saturated rings. The zero-order chi connectivity index (χ0) is 16.8. The average molecular weight is 322 g/mol. The smallest absolute Gasteiger partial charge is 0.270 e. The van der Waals surface area contributed by atoms with Crippen LogP contribution in [0.15, 0.2) is 67.1 Å². The van der Waals surface area contributed by atoms with E-state index in [0.29, 0.717) is 12.2 Å². The van der Waals surface area contributed by atoms with Gasteiger partial charge in [0.2, 0.25) is 0 Å². The van der Waals surface area contributed by atoms with Crippen LogP contribution in [0.4, 0.5) is 0 Å². The molecule has 1 N–H and O–H groups in total. The molecule has 0 unspecified atom stereocenters. The molecule has 0 spiro atoms. The van der Waals surface area contributed by atoms with Crippen molar-refractivity contribution >= 4 is 5.91 Å². The van der Waals surface area contributed by atoms with Crippen molar-refractivity contribution < 1.29 is 9.53 Å². The molecule has 122 valence electrons. The number of methoxy groups -OCH3 is 1. The van der Waals surface area contributed by atoms with Crippen LogP contribution >= 0.6 is 0 Å². The number of hydrogen-bond donors (Lipinski definition) is 1. The number of nitrogens with one attached hydrogen (secondary N) is 1. The van der Waals surface area contributed by atoms with Crippen LogP contribution in [0.2, 0.25) is 0 Å². The van der Waals surface area contributed by atoms with Crippen LogP contribution in [-0.4, -0.2) is 34.3 Å². The lowest BCUT2D eigenvalue weighted by molar-refractivity contribution is 0.0824. The van der Waals surface area contributed by atoms with E-state index in [1.54, 1.807) is 36.3 Å². The van der Waals surface area contributed by atoms with Crippen molar-refractivity contribution in [2.24, 2.45) is 0 Å². The van der Waals surface area contributed by atoms with Crippen molar-refractivity contribution in [2.45, 2.75) is 6.10 Å². The van der Waals surface area contributed by atoms with E-state index in [1.807, 2.05) is 42.6 Å². The van der Waals surface area contributed by atoms with Crippen molar-refractivity contribution in [3.05, 3.63) is 78.4 Å². The first-order valence-electron chi connectivity index (χ1n) is 7.60. The lowest BCUT2D eigenvalue weighted by Crippen LogP contribution is -2.29. The van der Waals surface area contributed by atoms with Crippen molar-refractivity contribution in [3.63, 3.8) is 0 Å². The van der Waals surface area contributed by atoms with Crippen molar-refractivity contribution in [2.75, 3.05) is 13.7 Å². The van der Waals surface area contributed by atoms with Gasteiger partial charge in [0.25, 0.3) is 5.91 Å². The molecule has 0 radical (unpaired) electrons. The van der Waals surface area contributed by atoms with Gasteiger partial charge in [0.1, 0.15) is 5.69 Å². The third kappa shape index (κ3) is 3.67. The first kappa shape index (κ1) is 15.9. The van der Waals surface area contributed by atoms with E-state index in [4.69, 9.17) is 4.74 Å². The van der Waals surface area contributed by atoms with E-state index in [9.17, 15) is 4.79 Å². The van der Waals surface area contributed by atoms with Gasteiger partial charge in [-0.25, -0.2) is 4.68 Å². The second kappa shape index (κ2) is 7.52. The molecule has 6 heteroatoms. The molecule has 2 heterocycles. The number of benzene rings is 1. The second-order valence-electron chi connectivity index (χ2n) is 5.19. The molecular weight excluding hydrogens is 304 g/mol. The van der Waals surface area contributed by atoms with Crippen LogP contribution in [0.25, 0.3) is 5.69 Å². The fourth-order valence-electron chi connectivity index (χ4n) is 2.39. The lowest BCUT2D eigenvalue weighted by atomic mass is 10.1. The molecule has 0 aliphatic heterocycles. The van der Waals surface area contributed by atoms with Gasteiger partial charge in [-0.05, 0) is 23.8 Å². The van der Waals surface area contributed by atoms with Crippen LogP contribution in [0.1, 0.15) is 22.2 Å². The largest absolute Gasteiger partial charge is 0.375 e. The van der Waals surface area contributed by atoms with E-state index in [-0.39, 0.29) is 12.0 Å². The van der Waals surface area contributed by atoms with Crippen molar-refractivity contribution in [1.82, 2.24) is 20.1 Å². The highest BCUT2D eigenvalue weighted by Crippen LogP contribution is 2.15. The number of carbonyl (C=O) groups is 1. The molecule has 3 aromatic rings. The summed E-state index contributed by atoms with van der Waals surface area (Å²) in [7, 11) is 1.63. The highest BCUT2D eigenvalue weighted by atomic mass is 16.5. The van der Waals surface area contributed by atoms with Gasteiger partial charge in [0.15, 0.2) is 0 Å². The Balaban J connectivity index is 1.68. The summed E-state index contributed by atoms with van der Waals surface area (Å²) in [6.45, 7) is 0.368. The maximum atomic E-state index is 12.4. The molecule has 24 heavy (non-hydrogen) atoms. The molecule has 0 bridgehead atoms. The van der Waals surface area contributed by atoms with E-state index in [1.165, 1.54) is 0 Å². The Morgan fingerprint density at radius 3 is 2.75 bits per heavy atom. The summed E-state index contributed by atoms with van der Waals surface area (Å²) in [5.41, 5.74) is 2.14. The third-order valence-electron chi connectivity index (χ3n) is 3.65. The number of ether oxygens (including phenoxy) is 1. The highest BCUT2D eigenvalue weighted by Gasteiger charge is 2.14. The number of pyridine rings is 1. The number of amides is 1. The Labute approximate surface area is 140 Å². The normalized spacial score (nSPS) is 11.9. The van der Waals surface area contributed by atoms with Gasteiger partial charge in [0.05, 0.1) is 11.8 Å². The standard InChI is InChI=1S/C18H18N4O2/c1-24-17(14-6-3-2-4-7-14)13-20-18(23)16-12-15(8-10-19-16)22-11-5-9-21-22/h2-12,17H,13H2,1H3,(H,20,23)/t17-/m0/s1. The monoisotopic (exact) mass is 322 g/mol. The summed E-state index contributed by atoms with van der Waals surface area (Å²) in [6, 6.07) is 15.1. The predicted octanol–water partition coefficient (Wildman–Crippen LogP) is 2.38. The Bertz CT molecular complexity index is 788. The summed E-state index contributed by atoms with van der Waals surface area (Å²) >= 11 is 0. The highest BCUT2D eigenvalue weighted by molar-refractivity contribution is 5.92. The van der Waals surface area contributed by atoms with Crippen LogP contribution in [-0.2, 0) is 4.74 Å². The van der Waals surface area contributed by atoms with Gasteiger partial charge in [-0.3, -0.25) is 9.78 Å². The summed E-state index contributed by atoms with van der Waals surface area (Å²) in [5.74, 6) is -0.248. The molecule has 3 rings (SSSR count). The molecule has 6 nitrogen and oxygen atoms in total. The summed E-state index contributed by atoms with van der Waals surface area (Å²) in [6.07, 6.45) is 4.89. The minimum absolute atomic E-state index is 0.204. The molecular formula is C18H18N4O2. The quantitative estimate of drug-likeness (QED) is 0.756. The summed E-state index contributed by atoms with van der Waals surface area (Å²) in [5, 5.41) is 7.02. The Morgan fingerprint density at radius 2 is 2.04 bits per heavy atom. The first-order chi connectivity index (χ1) is 11.8. The van der Waals surface area contributed by atoms with Gasteiger partial charge < -0.3 is 10.1 Å². The van der Waals surface area contributed by atoms with E-state index in [0.717, 1.165) is 11.3 Å². The predicted molar refractivity (Wildman–Crippen MR) is 89.9 cm³/mol. The first-order valence-corrected chi connectivity index (χ1v) is 7.60. The maximum absolute atomic E-state index is 12.4. The average Bonchev–Trinajstić information content (AvgIpc) is 3.18. The molecule has 1 aromatic carbocycles. The number of hydrogen-bond acceptors (Lipinski definition) is 4. The topological polar surface area (TPSA) is 69.0 Å². The van der Waals surface area contributed by atoms with Gasteiger partial charge >= 0.3 is 0 Å². The van der Waals surface area contributed by atoms with Crippen LogP contribution in [0, 0.1) is 0 Å². The van der Waals surface area contributed by atoms with Gasteiger partial charge in [-0.1, -0.05) is 30.3 Å².